The first-order chi connectivity index (χ1) is 10.5. The lowest BCUT2D eigenvalue weighted by Gasteiger charge is -2.30. The maximum absolute atomic E-state index is 13.2. The standard InChI is InChI=1S/C15H19BrFN3O2/c16-13-4-3-10(17)8-12(13)15(22)19-6-5-14(21)20-7-1-2-11(18)9-20/h3-4,8,11H,1-2,5-7,9,18H2,(H,19,22). The summed E-state index contributed by atoms with van der Waals surface area (Å²) >= 11 is 3.20. The summed E-state index contributed by atoms with van der Waals surface area (Å²) in [4.78, 5) is 25.7. The van der Waals surface area contributed by atoms with Gasteiger partial charge in [-0.1, -0.05) is 0 Å². The number of carbonyl (C=O) groups excluding carboxylic acids is 2. The van der Waals surface area contributed by atoms with Gasteiger partial charge in [0.05, 0.1) is 5.56 Å². The molecule has 3 N–H and O–H groups in total. The highest BCUT2D eigenvalue weighted by molar-refractivity contribution is 9.10. The highest BCUT2D eigenvalue weighted by Gasteiger charge is 2.21. The smallest absolute Gasteiger partial charge is 0.252 e. The molecule has 1 saturated heterocycles. The first-order valence-electron chi connectivity index (χ1n) is 7.24. The van der Waals surface area contributed by atoms with Crippen LogP contribution in [0.5, 0.6) is 0 Å². The van der Waals surface area contributed by atoms with Crippen LogP contribution in [0.4, 0.5) is 4.39 Å². The molecule has 1 unspecified atom stereocenters. The Labute approximate surface area is 137 Å². The molecule has 1 fully saturated rings. The Morgan fingerprint density at radius 2 is 2.23 bits per heavy atom. The van der Waals surface area contributed by atoms with Crippen LogP contribution >= 0.6 is 15.9 Å². The third kappa shape index (κ3) is 4.51. The lowest BCUT2D eigenvalue weighted by atomic mass is 10.1. The molecule has 7 heteroatoms. The van der Waals surface area contributed by atoms with E-state index < -0.39 is 11.7 Å². The number of likely N-dealkylation sites (tertiary alicyclic amines) is 1. The van der Waals surface area contributed by atoms with Crippen LogP contribution in [0.25, 0.3) is 0 Å². The van der Waals surface area contributed by atoms with Crippen molar-refractivity contribution in [2.24, 2.45) is 5.73 Å². The van der Waals surface area contributed by atoms with Gasteiger partial charge in [0, 0.05) is 36.6 Å². The Kier molecular flexibility index (Phi) is 5.90. The first kappa shape index (κ1) is 16.9. The Morgan fingerprint density at radius 1 is 1.45 bits per heavy atom. The molecule has 1 aliphatic heterocycles. The zero-order valence-corrected chi connectivity index (χ0v) is 13.7. The summed E-state index contributed by atoms with van der Waals surface area (Å²) in [6.45, 7) is 1.50. The van der Waals surface area contributed by atoms with E-state index in [1.807, 2.05) is 0 Å². The van der Waals surface area contributed by atoms with Crippen LogP contribution in [0.3, 0.4) is 0 Å². The van der Waals surface area contributed by atoms with E-state index in [9.17, 15) is 14.0 Å². The van der Waals surface area contributed by atoms with Crippen molar-refractivity contribution in [3.05, 3.63) is 34.1 Å². The van der Waals surface area contributed by atoms with E-state index >= 15 is 0 Å². The van der Waals surface area contributed by atoms with E-state index in [4.69, 9.17) is 5.73 Å². The molecule has 1 aliphatic rings. The summed E-state index contributed by atoms with van der Waals surface area (Å²) in [5.41, 5.74) is 6.06. The summed E-state index contributed by atoms with van der Waals surface area (Å²) in [6, 6.07) is 3.94. The topological polar surface area (TPSA) is 75.4 Å². The molecule has 0 saturated carbocycles. The van der Waals surface area contributed by atoms with Crippen molar-refractivity contribution < 1.29 is 14.0 Å². The quantitative estimate of drug-likeness (QED) is 0.844. The van der Waals surface area contributed by atoms with E-state index in [1.165, 1.54) is 12.1 Å². The SMILES string of the molecule is NC1CCCN(C(=O)CCNC(=O)c2cc(F)ccc2Br)C1. The molecule has 2 amide bonds. The maximum atomic E-state index is 13.2. The predicted molar refractivity (Wildman–Crippen MR) is 84.8 cm³/mol. The number of rotatable bonds is 4. The average Bonchev–Trinajstić information content (AvgIpc) is 2.49. The molecule has 1 atom stereocenters. The highest BCUT2D eigenvalue weighted by atomic mass is 79.9. The third-order valence-corrected chi connectivity index (χ3v) is 4.30. The fourth-order valence-electron chi connectivity index (χ4n) is 2.44. The van der Waals surface area contributed by atoms with E-state index in [0.29, 0.717) is 11.0 Å². The summed E-state index contributed by atoms with van der Waals surface area (Å²) in [5.74, 6) is -0.907. The number of piperidine rings is 1. The largest absolute Gasteiger partial charge is 0.351 e. The lowest BCUT2D eigenvalue weighted by Crippen LogP contribution is -2.46. The molecule has 5 nitrogen and oxygen atoms in total. The van der Waals surface area contributed by atoms with Crippen LogP contribution in [-0.4, -0.2) is 42.4 Å². The number of hydrogen-bond acceptors (Lipinski definition) is 3. The zero-order valence-electron chi connectivity index (χ0n) is 12.1. The number of hydrogen-bond donors (Lipinski definition) is 2. The molecule has 1 aromatic rings. The van der Waals surface area contributed by atoms with E-state index in [-0.39, 0.29) is 30.5 Å². The van der Waals surface area contributed by atoms with Gasteiger partial charge in [0.1, 0.15) is 5.82 Å². The molecular formula is C15H19BrFN3O2. The second kappa shape index (κ2) is 7.69. The van der Waals surface area contributed by atoms with Gasteiger partial charge in [0.2, 0.25) is 5.91 Å². The molecule has 0 aliphatic carbocycles. The lowest BCUT2D eigenvalue weighted by molar-refractivity contribution is -0.132. The van der Waals surface area contributed by atoms with Gasteiger partial charge in [-0.25, -0.2) is 4.39 Å². The number of nitrogens with zero attached hydrogens (tertiary/aromatic N) is 1. The van der Waals surface area contributed by atoms with E-state index in [2.05, 4.69) is 21.2 Å². The van der Waals surface area contributed by atoms with Gasteiger partial charge < -0.3 is 16.0 Å². The van der Waals surface area contributed by atoms with Gasteiger partial charge in [-0.3, -0.25) is 9.59 Å². The van der Waals surface area contributed by atoms with Crippen LogP contribution in [0.1, 0.15) is 29.6 Å². The molecule has 22 heavy (non-hydrogen) atoms. The van der Waals surface area contributed by atoms with Crippen LogP contribution in [0, 0.1) is 5.82 Å². The Bertz CT molecular complexity index is 568. The summed E-state index contributed by atoms with van der Waals surface area (Å²) in [7, 11) is 0. The second-order valence-corrected chi connectivity index (χ2v) is 6.23. The molecule has 0 radical (unpaired) electrons. The monoisotopic (exact) mass is 371 g/mol. The van der Waals surface area contributed by atoms with Crippen molar-refractivity contribution in [1.82, 2.24) is 10.2 Å². The molecule has 2 rings (SSSR count). The fourth-order valence-corrected chi connectivity index (χ4v) is 2.87. The average molecular weight is 372 g/mol. The molecule has 1 heterocycles. The number of carbonyl (C=O) groups is 2. The number of benzene rings is 1. The predicted octanol–water partition coefficient (Wildman–Crippen LogP) is 1.66. The number of nitrogens with two attached hydrogens (primary N) is 1. The van der Waals surface area contributed by atoms with Crippen molar-refractivity contribution in [3.8, 4) is 0 Å². The highest BCUT2D eigenvalue weighted by Crippen LogP contribution is 2.17. The minimum atomic E-state index is -0.480. The minimum absolute atomic E-state index is 0.0197. The Balaban J connectivity index is 1.81. The van der Waals surface area contributed by atoms with E-state index in [1.54, 1.807) is 4.90 Å². The zero-order chi connectivity index (χ0) is 16.1. The van der Waals surface area contributed by atoms with Gasteiger partial charge in [-0.15, -0.1) is 0 Å². The number of amides is 2. The van der Waals surface area contributed by atoms with Crippen molar-refractivity contribution in [1.29, 1.82) is 0 Å². The molecule has 0 aromatic heterocycles. The first-order valence-corrected chi connectivity index (χ1v) is 8.03. The van der Waals surface area contributed by atoms with Crippen molar-refractivity contribution in [2.45, 2.75) is 25.3 Å². The molecule has 120 valence electrons. The summed E-state index contributed by atoms with van der Waals surface area (Å²) in [5, 5.41) is 2.63. The minimum Gasteiger partial charge on any atom is -0.351 e. The molecule has 0 bridgehead atoms. The van der Waals surface area contributed by atoms with Crippen molar-refractivity contribution in [3.63, 3.8) is 0 Å². The molecule has 1 aromatic carbocycles. The third-order valence-electron chi connectivity index (χ3n) is 3.61. The fraction of sp³-hybridized carbons (Fsp3) is 0.467. The van der Waals surface area contributed by atoms with Gasteiger partial charge in [0.15, 0.2) is 0 Å². The maximum Gasteiger partial charge on any atom is 0.252 e. The number of halogens is 2. The van der Waals surface area contributed by atoms with Gasteiger partial charge in [-0.05, 0) is 47.0 Å². The van der Waals surface area contributed by atoms with Crippen molar-refractivity contribution in [2.75, 3.05) is 19.6 Å². The number of nitrogens with one attached hydrogen (secondary N) is 1. The Morgan fingerprint density at radius 3 is 2.95 bits per heavy atom. The van der Waals surface area contributed by atoms with Gasteiger partial charge in [0.25, 0.3) is 5.91 Å². The van der Waals surface area contributed by atoms with Crippen molar-refractivity contribution >= 4 is 27.7 Å². The van der Waals surface area contributed by atoms with Crippen LogP contribution in [-0.2, 0) is 4.79 Å². The second-order valence-electron chi connectivity index (χ2n) is 5.37. The summed E-state index contributed by atoms with van der Waals surface area (Å²) < 4.78 is 13.7. The summed E-state index contributed by atoms with van der Waals surface area (Å²) in [6.07, 6.45) is 2.06. The van der Waals surface area contributed by atoms with E-state index in [0.717, 1.165) is 25.5 Å². The molecule has 0 spiro atoms. The Hall–Kier alpha value is -1.47. The van der Waals surface area contributed by atoms with Crippen LogP contribution in [0.15, 0.2) is 22.7 Å². The van der Waals surface area contributed by atoms with Gasteiger partial charge in [-0.2, -0.15) is 0 Å². The molecular weight excluding hydrogens is 353 g/mol. The van der Waals surface area contributed by atoms with Crippen LogP contribution in [0.2, 0.25) is 0 Å². The van der Waals surface area contributed by atoms with Crippen LogP contribution < -0.4 is 11.1 Å². The van der Waals surface area contributed by atoms with Gasteiger partial charge >= 0.3 is 0 Å². The normalized spacial score (nSPS) is 18.1.